The fourth-order valence-electron chi connectivity index (χ4n) is 2.69. The van der Waals surface area contributed by atoms with Crippen molar-refractivity contribution < 1.29 is 14.7 Å². The van der Waals surface area contributed by atoms with Gasteiger partial charge in [-0.15, -0.1) is 0 Å². The molecule has 19 heavy (non-hydrogen) atoms. The Kier molecular flexibility index (Phi) is 6.12. The lowest BCUT2D eigenvalue weighted by molar-refractivity contribution is -0.146. The van der Waals surface area contributed by atoms with Crippen LogP contribution < -0.4 is 5.32 Å². The Bertz CT molecular complexity index is 306. The van der Waals surface area contributed by atoms with Gasteiger partial charge in [0.25, 0.3) is 0 Å². The van der Waals surface area contributed by atoms with Crippen molar-refractivity contribution in [3.05, 3.63) is 0 Å². The lowest BCUT2D eigenvalue weighted by atomic mass is 9.82. The van der Waals surface area contributed by atoms with Crippen LogP contribution in [0.3, 0.4) is 0 Å². The normalized spacial score (nSPS) is 17.8. The largest absolute Gasteiger partial charge is 0.480 e. The highest BCUT2D eigenvalue weighted by Crippen LogP contribution is 2.28. The van der Waals surface area contributed by atoms with Gasteiger partial charge in [0.15, 0.2) is 0 Å². The number of nitrogens with one attached hydrogen (secondary N) is 1. The van der Waals surface area contributed by atoms with E-state index in [-0.39, 0.29) is 6.03 Å². The van der Waals surface area contributed by atoms with E-state index < -0.39 is 11.5 Å². The van der Waals surface area contributed by atoms with Crippen molar-refractivity contribution in [2.75, 3.05) is 13.1 Å². The van der Waals surface area contributed by atoms with E-state index in [4.69, 9.17) is 0 Å². The Labute approximate surface area is 115 Å². The topological polar surface area (TPSA) is 69.6 Å². The highest BCUT2D eigenvalue weighted by atomic mass is 16.4. The van der Waals surface area contributed by atoms with Gasteiger partial charge >= 0.3 is 12.0 Å². The van der Waals surface area contributed by atoms with Crippen LogP contribution in [0.5, 0.6) is 0 Å². The number of carboxylic acids is 1. The van der Waals surface area contributed by atoms with Crippen LogP contribution in [0.1, 0.15) is 58.8 Å². The van der Waals surface area contributed by atoms with Gasteiger partial charge in [-0.1, -0.05) is 33.1 Å². The summed E-state index contributed by atoms with van der Waals surface area (Å²) in [6.07, 6.45) is 5.64. The average molecular weight is 270 g/mol. The molecule has 1 fully saturated rings. The first-order chi connectivity index (χ1) is 9.05. The molecule has 2 N–H and O–H groups in total. The maximum atomic E-state index is 12.3. The second-order valence-electron chi connectivity index (χ2n) is 5.37. The van der Waals surface area contributed by atoms with Gasteiger partial charge in [0.05, 0.1) is 0 Å². The molecule has 2 amide bonds. The van der Waals surface area contributed by atoms with E-state index in [0.717, 1.165) is 32.1 Å². The number of carbonyl (C=O) groups excluding carboxylic acids is 1. The number of carbonyl (C=O) groups is 2. The molecule has 0 unspecified atom stereocenters. The van der Waals surface area contributed by atoms with Gasteiger partial charge in [-0.2, -0.15) is 0 Å². The van der Waals surface area contributed by atoms with Crippen molar-refractivity contribution in [1.29, 1.82) is 0 Å². The molecule has 0 bridgehead atoms. The third-order valence-corrected chi connectivity index (χ3v) is 3.74. The minimum absolute atomic E-state index is 0.229. The second-order valence-corrected chi connectivity index (χ2v) is 5.37. The van der Waals surface area contributed by atoms with Crippen molar-refractivity contribution >= 4 is 12.0 Å². The lowest BCUT2D eigenvalue weighted by Gasteiger charge is -2.36. The molecule has 5 nitrogen and oxygen atoms in total. The second kappa shape index (κ2) is 7.36. The summed E-state index contributed by atoms with van der Waals surface area (Å²) in [4.78, 5) is 25.5. The van der Waals surface area contributed by atoms with Crippen LogP contribution in [0.4, 0.5) is 4.79 Å². The summed E-state index contributed by atoms with van der Waals surface area (Å²) >= 11 is 0. The monoisotopic (exact) mass is 270 g/mol. The van der Waals surface area contributed by atoms with Crippen molar-refractivity contribution in [2.24, 2.45) is 0 Å². The van der Waals surface area contributed by atoms with E-state index >= 15 is 0 Å². The number of rotatable bonds is 6. The number of nitrogens with zero attached hydrogens (tertiary/aromatic N) is 1. The molecule has 1 saturated carbocycles. The zero-order chi connectivity index (χ0) is 14.3. The van der Waals surface area contributed by atoms with Crippen molar-refractivity contribution in [3.8, 4) is 0 Å². The minimum Gasteiger partial charge on any atom is -0.480 e. The first-order valence-electron chi connectivity index (χ1n) is 7.36. The van der Waals surface area contributed by atoms with E-state index in [2.05, 4.69) is 5.32 Å². The number of aliphatic carboxylic acids is 1. The molecule has 0 aromatic rings. The van der Waals surface area contributed by atoms with Gasteiger partial charge in [0, 0.05) is 13.1 Å². The highest BCUT2D eigenvalue weighted by Gasteiger charge is 2.41. The molecule has 1 aliphatic rings. The van der Waals surface area contributed by atoms with Gasteiger partial charge in [0.2, 0.25) is 0 Å². The van der Waals surface area contributed by atoms with Crippen LogP contribution in [-0.2, 0) is 4.79 Å². The van der Waals surface area contributed by atoms with Crippen LogP contribution in [0.15, 0.2) is 0 Å². The van der Waals surface area contributed by atoms with E-state index in [0.29, 0.717) is 25.9 Å². The summed E-state index contributed by atoms with van der Waals surface area (Å²) in [5, 5.41) is 12.2. The van der Waals surface area contributed by atoms with Gasteiger partial charge in [0.1, 0.15) is 5.54 Å². The van der Waals surface area contributed by atoms with E-state index in [1.807, 2.05) is 13.8 Å². The summed E-state index contributed by atoms with van der Waals surface area (Å²) in [5.74, 6) is -0.895. The number of hydrogen-bond donors (Lipinski definition) is 2. The summed E-state index contributed by atoms with van der Waals surface area (Å²) in [6, 6.07) is -0.229. The zero-order valence-electron chi connectivity index (χ0n) is 12.1. The van der Waals surface area contributed by atoms with Gasteiger partial charge in [-0.25, -0.2) is 9.59 Å². The summed E-state index contributed by atoms with van der Waals surface area (Å²) in [7, 11) is 0. The fourth-order valence-corrected chi connectivity index (χ4v) is 2.69. The van der Waals surface area contributed by atoms with Crippen molar-refractivity contribution in [1.82, 2.24) is 10.2 Å². The molecule has 1 rings (SSSR count). The number of hydrogen-bond acceptors (Lipinski definition) is 2. The maximum absolute atomic E-state index is 12.3. The van der Waals surface area contributed by atoms with Gasteiger partial charge < -0.3 is 15.3 Å². The minimum atomic E-state index is -1.05. The van der Waals surface area contributed by atoms with Crippen LogP contribution in [-0.4, -0.2) is 40.6 Å². The summed E-state index contributed by atoms with van der Waals surface area (Å²) in [6.45, 7) is 5.39. The van der Waals surface area contributed by atoms with Crippen molar-refractivity contribution in [3.63, 3.8) is 0 Å². The lowest BCUT2D eigenvalue weighted by Crippen LogP contribution is -2.58. The molecular weight excluding hydrogens is 244 g/mol. The molecule has 0 spiro atoms. The van der Waals surface area contributed by atoms with Crippen LogP contribution in [0.2, 0.25) is 0 Å². The number of amides is 2. The SMILES string of the molecule is CCCN(CCC)C(=O)NC1(C(=O)O)CCCCC1. The number of carboxylic acid groups (broad SMARTS) is 1. The Morgan fingerprint density at radius 1 is 1.11 bits per heavy atom. The smallest absolute Gasteiger partial charge is 0.329 e. The van der Waals surface area contributed by atoms with Crippen LogP contribution in [0.25, 0.3) is 0 Å². The van der Waals surface area contributed by atoms with Gasteiger partial charge in [-0.3, -0.25) is 0 Å². The molecule has 0 heterocycles. The fraction of sp³-hybridized carbons (Fsp3) is 0.857. The first kappa shape index (κ1) is 15.8. The Balaban J connectivity index is 2.71. The molecule has 0 aromatic heterocycles. The Morgan fingerprint density at radius 2 is 1.63 bits per heavy atom. The van der Waals surface area contributed by atoms with E-state index in [1.165, 1.54) is 0 Å². The standard InChI is InChI=1S/C14H26N2O3/c1-3-10-16(11-4-2)13(19)15-14(12(17)18)8-6-5-7-9-14/h3-11H2,1-2H3,(H,15,19)(H,17,18). The van der Waals surface area contributed by atoms with E-state index in [9.17, 15) is 14.7 Å². The number of urea groups is 1. The average Bonchev–Trinajstić information content (AvgIpc) is 2.39. The van der Waals surface area contributed by atoms with E-state index in [1.54, 1.807) is 4.90 Å². The third kappa shape index (κ3) is 4.11. The third-order valence-electron chi connectivity index (χ3n) is 3.74. The molecule has 0 saturated heterocycles. The van der Waals surface area contributed by atoms with Crippen LogP contribution in [0, 0.1) is 0 Å². The summed E-state index contributed by atoms with van der Waals surface area (Å²) in [5.41, 5.74) is -1.05. The summed E-state index contributed by atoms with van der Waals surface area (Å²) < 4.78 is 0. The molecule has 0 aliphatic heterocycles. The van der Waals surface area contributed by atoms with Crippen molar-refractivity contribution in [2.45, 2.75) is 64.3 Å². The molecule has 1 aliphatic carbocycles. The Hall–Kier alpha value is -1.26. The highest BCUT2D eigenvalue weighted by molar-refractivity contribution is 5.86. The van der Waals surface area contributed by atoms with Gasteiger partial charge in [-0.05, 0) is 25.7 Å². The molecule has 5 heteroatoms. The first-order valence-corrected chi connectivity index (χ1v) is 7.36. The molecule has 0 radical (unpaired) electrons. The van der Waals surface area contributed by atoms with Crippen LogP contribution >= 0.6 is 0 Å². The predicted octanol–water partition coefficient (Wildman–Crippen LogP) is 2.61. The maximum Gasteiger partial charge on any atom is 0.329 e. The molecule has 0 aromatic carbocycles. The Morgan fingerprint density at radius 3 is 2.05 bits per heavy atom. The quantitative estimate of drug-likeness (QED) is 0.779. The molecular formula is C14H26N2O3. The predicted molar refractivity (Wildman–Crippen MR) is 74.1 cm³/mol. The molecule has 0 atom stereocenters. The zero-order valence-corrected chi connectivity index (χ0v) is 12.1. The molecule has 110 valence electrons.